The van der Waals surface area contributed by atoms with Gasteiger partial charge in [0.2, 0.25) is 6.29 Å². The van der Waals surface area contributed by atoms with Crippen LogP contribution in [-0.2, 0) is 29.0 Å². The quantitative estimate of drug-likeness (QED) is 0.449. The summed E-state index contributed by atoms with van der Waals surface area (Å²) in [6.45, 7) is 5.22. The highest BCUT2D eigenvalue weighted by Gasteiger charge is 2.27. The minimum absolute atomic E-state index is 0.0947. The van der Waals surface area contributed by atoms with Crippen LogP contribution < -0.4 is 5.56 Å². The Bertz CT molecular complexity index is 1090. The van der Waals surface area contributed by atoms with Gasteiger partial charge in [-0.3, -0.25) is 14.5 Å². The Morgan fingerprint density at radius 1 is 1.22 bits per heavy atom. The number of benzene rings is 1. The van der Waals surface area contributed by atoms with Gasteiger partial charge in [-0.15, -0.1) is 0 Å². The average Bonchev–Trinajstić information content (AvgIpc) is 3.28. The van der Waals surface area contributed by atoms with E-state index in [4.69, 9.17) is 37.8 Å². The molecule has 7 nitrogen and oxygen atoms in total. The van der Waals surface area contributed by atoms with Crippen LogP contribution in [-0.4, -0.2) is 58.8 Å². The fourth-order valence-corrected chi connectivity index (χ4v) is 4.37. The molecule has 2 aromatic rings. The lowest BCUT2D eigenvalue weighted by Gasteiger charge is -2.26. The van der Waals surface area contributed by atoms with Gasteiger partial charge in [-0.05, 0) is 56.5 Å². The first-order valence-electron chi connectivity index (χ1n) is 11.2. The van der Waals surface area contributed by atoms with Gasteiger partial charge in [0.15, 0.2) is 0 Å². The number of ether oxygens (including phenoxy) is 1. The zero-order chi connectivity index (χ0) is 26.9. The maximum absolute atomic E-state index is 12.8. The van der Waals surface area contributed by atoms with Gasteiger partial charge in [0.1, 0.15) is 5.02 Å². The average molecular weight is 551 g/mol. The van der Waals surface area contributed by atoms with Crippen molar-refractivity contribution >= 4 is 35.5 Å². The van der Waals surface area contributed by atoms with Gasteiger partial charge in [0, 0.05) is 25.7 Å². The van der Waals surface area contributed by atoms with Crippen LogP contribution in [0.3, 0.4) is 0 Å². The number of hydrogen-bond donors (Lipinski definition) is 1. The van der Waals surface area contributed by atoms with Gasteiger partial charge < -0.3 is 14.4 Å². The van der Waals surface area contributed by atoms with Crippen molar-refractivity contribution in [2.24, 2.45) is 0 Å². The summed E-state index contributed by atoms with van der Waals surface area (Å²) in [5.74, 6) is -0.964. The largest absolute Gasteiger partial charge is 0.478 e. The van der Waals surface area contributed by atoms with Gasteiger partial charge in [-0.2, -0.15) is 13.2 Å². The second kappa shape index (κ2) is 13.8. The van der Waals surface area contributed by atoms with E-state index in [1.807, 2.05) is 6.92 Å². The van der Waals surface area contributed by atoms with Gasteiger partial charge in [-0.1, -0.05) is 35.3 Å². The highest BCUT2D eigenvalue weighted by atomic mass is 35.5. The number of aromatic carboxylic acids is 1. The molecule has 0 bridgehead atoms. The van der Waals surface area contributed by atoms with Crippen LogP contribution in [0.2, 0.25) is 10.0 Å². The molecule has 36 heavy (non-hydrogen) atoms. The molecule has 12 heteroatoms. The second-order valence-corrected chi connectivity index (χ2v) is 8.90. The summed E-state index contributed by atoms with van der Waals surface area (Å²) >= 11 is 12.6. The summed E-state index contributed by atoms with van der Waals surface area (Å²) in [5, 5.41) is 9.61. The third kappa shape index (κ3) is 8.92. The molecule has 1 aliphatic heterocycles. The van der Waals surface area contributed by atoms with Crippen LogP contribution in [0.1, 0.15) is 41.4 Å². The molecule has 1 saturated heterocycles. The topological polar surface area (TPSA) is 88.8 Å². The second-order valence-electron chi connectivity index (χ2n) is 8.08. The molecule has 0 radical (unpaired) electrons. The van der Waals surface area contributed by atoms with E-state index in [1.54, 1.807) is 28.8 Å². The van der Waals surface area contributed by atoms with E-state index in [9.17, 15) is 22.8 Å². The molecule has 0 spiro atoms. The Morgan fingerprint density at radius 2 is 1.86 bits per heavy atom. The maximum Gasteiger partial charge on any atom is 0.446 e. The van der Waals surface area contributed by atoms with Crippen molar-refractivity contribution in [1.82, 2.24) is 9.47 Å². The van der Waals surface area contributed by atoms with Crippen molar-refractivity contribution in [1.29, 1.82) is 0 Å². The number of aryl methyl sites for hydroxylation is 1. The molecule has 1 aliphatic rings. The molecule has 0 aliphatic carbocycles. The van der Waals surface area contributed by atoms with Crippen LogP contribution in [0.15, 0.2) is 35.1 Å². The number of aromatic nitrogens is 1. The summed E-state index contributed by atoms with van der Waals surface area (Å²) in [4.78, 5) is 34.8. The van der Waals surface area contributed by atoms with E-state index in [1.165, 1.54) is 6.07 Å². The van der Waals surface area contributed by atoms with Crippen molar-refractivity contribution in [3.63, 3.8) is 0 Å². The minimum atomic E-state index is -4.64. The van der Waals surface area contributed by atoms with Crippen molar-refractivity contribution in [3.8, 4) is 0 Å². The summed E-state index contributed by atoms with van der Waals surface area (Å²) in [6, 6.07) is 8.48. The fourth-order valence-electron chi connectivity index (χ4n) is 3.83. The van der Waals surface area contributed by atoms with E-state index < -0.39 is 18.4 Å². The molecule has 1 aromatic heterocycles. The number of aldehydes is 1. The van der Waals surface area contributed by atoms with Crippen molar-refractivity contribution in [2.75, 3.05) is 19.8 Å². The number of alkyl halides is 3. The summed E-state index contributed by atoms with van der Waals surface area (Å²) < 4.78 is 38.5. The third-order valence-electron chi connectivity index (χ3n) is 5.63. The Balaban J connectivity index is 0.000000678. The first-order chi connectivity index (χ1) is 17.0. The molecule has 1 atom stereocenters. The smallest absolute Gasteiger partial charge is 0.446 e. The predicted molar refractivity (Wildman–Crippen MR) is 130 cm³/mol. The van der Waals surface area contributed by atoms with Crippen LogP contribution in [0.4, 0.5) is 13.2 Å². The van der Waals surface area contributed by atoms with E-state index in [-0.39, 0.29) is 16.1 Å². The lowest BCUT2D eigenvalue weighted by Crippen LogP contribution is -2.36. The van der Waals surface area contributed by atoms with Gasteiger partial charge >= 0.3 is 12.1 Å². The Hall–Kier alpha value is -2.40. The van der Waals surface area contributed by atoms with Gasteiger partial charge in [0.05, 0.1) is 22.9 Å². The van der Waals surface area contributed by atoms with Crippen molar-refractivity contribution in [3.05, 3.63) is 67.6 Å². The SMILES string of the molecule is CCOC[C@H]1CCCN1Cc1c(Cl)cc(Cl)c(=O)n1CCc1ccc(C(=O)O)cc1.O=CC(F)(F)F. The number of carbonyl (C=O) groups is 2. The number of carboxylic acids is 1. The van der Waals surface area contributed by atoms with E-state index in [0.717, 1.165) is 30.6 Å². The molecule has 1 N–H and O–H groups in total. The molecule has 1 aromatic carbocycles. The standard InChI is InChI=1S/C22H26Cl2N2O4.C2HF3O/c1-2-30-14-17-4-3-10-25(17)13-20-18(23)12-19(24)21(27)26(20)11-9-15-5-7-16(8-6-15)22(28)29;3-2(4,5)1-6/h5-8,12,17H,2-4,9-11,13-14H2,1H3,(H,28,29);1H/t17-;/m1./s1. The van der Waals surface area contributed by atoms with Crippen LogP contribution in [0, 0.1) is 0 Å². The third-order valence-corrected chi connectivity index (χ3v) is 6.23. The highest BCUT2D eigenvalue weighted by Crippen LogP contribution is 2.25. The van der Waals surface area contributed by atoms with E-state index in [0.29, 0.717) is 43.8 Å². The number of halogens is 5. The molecule has 198 valence electrons. The zero-order valence-electron chi connectivity index (χ0n) is 19.6. The molecule has 1 fully saturated rings. The molecule has 0 amide bonds. The summed E-state index contributed by atoms with van der Waals surface area (Å²) in [5.41, 5.74) is 1.65. The van der Waals surface area contributed by atoms with Crippen LogP contribution in [0.5, 0.6) is 0 Å². The minimum Gasteiger partial charge on any atom is -0.478 e. The summed E-state index contributed by atoms with van der Waals surface area (Å²) in [6.07, 6.45) is -2.99. The number of carboxylic acid groups (broad SMARTS) is 1. The van der Waals surface area contributed by atoms with Gasteiger partial charge in [-0.25, -0.2) is 4.79 Å². The number of likely N-dealkylation sites (tertiary alicyclic amines) is 1. The number of nitrogens with zero attached hydrogens (tertiary/aromatic N) is 2. The normalized spacial score (nSPS) is 15.9. The molecular weight excluding hydrogens is 524 g/mol. The fraction of sp³-hybridized carbons (Fsp3) is 0.458. The number of rotatable bonds is 9. The summed E-state index contributed by atoms with van der Waals surface area (Å²) in [7, 11) is 0. The molecule has 3 rings (SSSR count). The van der Waals surface area contributed by atoms with Crippen molar-refractivity contribution < 1.29 is 32.6 Å². The predicted octanol–water partition coefficient (Wildman–Crippen LogP) is 4.84. The first kappa shape index (κ1) is 29.8. The van der Waals surface area contributed by atoms with Crippen molar-refractivity contribution in [2.45, 2.75) is 51.5 Å². The van der Waals surface area contributed by atoms with Gasteiger partial charge in [0.25, 0.3) is 5.56 Å². The molecule has 2 heterocycles. The lowest BCUT2D eigenvalue weighted by molar-refractivity contribution is -0.156. The zero-order valence-corrected chi connectivity index (χ0v) is 21.1. The van der Waals surface area contributed by atoms with E-state index in [2.05, 4.69) is 4.90 Å². The van der Waals surface area contributed by atoms with E-state index >= 15 is 0 Å². The Kier molecular flexibility index (Phi) is 11.4. The molecule has 0 unspecified atom stereocenters. The number of pyridine rings is 1. The highest BCUT2D eigenvalue weighted by molar-refractivity contribution is 6.34. The Morgan fingerprint density at radius 3 is 2.42 bits per heavy atom. The molecule has 0 saturated carbocycles. The Labute approximate surface area is 216 Å². The monoisotopic (exact) mass is 550 g/mol. The van der Waals surface area contributed by atoms with Crippen LogP contribution in [0.25, 0.3) is 0 Å². The maximum atomic E-state index is 12.8. The lowest BCUT2D eigenvalue weighted by atomic mass is 10.1. The number of hydrogen-bond acceptors (Lipinski definition) is 5. The number of carbonyl (C=O) groups excluding carboxylic acids is 1. The first-order valence-corrected chi connectivity index (χ1v) is 12.0. The molecular formula is C24H27Cl2F3N2O5. The van der Waals surface area contributed by atoms with Crippen LogP contribution >= 0.6 is 23.2 Å².